The van der Waals surface area contributed by atoms with Crippen molar-refractivity contribution in [3.05, 3.63) is 113 Å². The van der Waals surface area contributed by atoms with E-state index in [2.05, 4.69) is 16.0 Å². The molecule has 37 heavy (non-hydrogen) atoms. The zero-order chi connectivity index (χ0) is 26.4. The third kappa shape index (κ3) is 6.88. The maximum atomic E-state index is 13.4. The molecule has 3 amide bonds. The first kappa shape index (κ1) is 25.8. The second-order valence-electron chi connectivity index (χ2n) is 8.96. The zero-order valence-electron chi connectivity index (χ0n) is 20.2. The van der Waals surface area contributed by atoms with Gasteiger partial charge in [0.15, 0.2) is 0 Å². The molecule has 3 aromatic rings. The molecule has 1 aliphatic rings. The van der Waals surface area contributed by atoms with E-state index in [0.29, 0.717) is 0 Å². The Morgan fingerprint density at radius 1 is 0.973 bits per heavy atom. The van der Waals surface area contributed by atoms with Gasteiger partial charge >= 0.3 is 0 Å². The molecule has 0 fully saturated rings. The van der Waals surface area contributed by atoms with Gasteiger partial charge in [-0.3, -0.25) is 14.4 Å². The highest BCUT2D eigenvalue weighted by Crippen LogP contribution is 2.28. The highest BCUT2D eigenvalue weighted by molar-refractivity contribution is 5.94. The van der Waals surface area contributed by atoms with Gasteiger partial charge in [0.25, 0.3) is 0 Å². The molecular formula is C29H27F2N3O3. The van der Waals surface area contributed by atoms with Crippen molar-refractivity contribution in [1.29, 1.82) is 0 Å². The van der Waals surface area contributed by atoms with Gasteiger partial charge in [0.05, 0.1) is 12.5 Å². The fourth-order valence-corrected chi connectivity index (χ4v) is 4.25. The summed E-state index contributed by atoms with van der Waals surface area (Å²) in [4.78, 5) is 38.4. The molecule has 3 N–H and O–H groups in total. The summed E-state index contributed by atoms with van der Waals surface area (Å²) in [6.07, 6.45) is 1.95. The molecule has 0 unspecified atom stereocenters. The summed E-state index contributed by atoms with van der Waals surface area (Å²) in [7, 11) is 0. The fourth-order valence-electron chi connectivity index (χ4n) is 4.25. The predicted molar refractivity (Wildman–Crippen MR) is 136 cm³/mol. The monoisotopic (exact) mass is 503 g/mol. The van der Waals surface area contributed by atoms with Crippen molar-refractivity contribution in [1.82, 2.24) is 16.0 Å². The number of rotatable bonds is 7. The van der Waals surface area contributed by atoms with E-state index in [9.17, 15) is 23.2 Å². The van der Waals surface area contributed by atoms with Crippen LogP contribution in [-0.2, 0) is 20.8 Å². The molecule has 0 saturated carbocycles. The van der Waals surface area contributed by atoms with Gasteiger partial charge in [0.2, 0.25) is 17.7 Å². The van der Waals surface area contributed by atoms with Crippen LogP contribution in [0, 0.1) is 11.6 Å². The summed E-state index contributed by atoms with van der Waals surface area (Å²) < 4.78 is 26.8. The average Bonchev–Trinajstić information content (AvgIpc) is 3.03. The third-order valence-electron chi connectivity index (χ3n) is 6.08. The number of amides is 3. The Balaban J connectivity index is 1.46. The van der Waals surface area contributed by atoms with Gasteiger partial charge in [-0.25, -0.2) is 8.78 Å². The minimum atomic E-state index is -0.976. The Kier molecular flexibility index (Phi) is 8.08. The molecule has 0 bridgehead atoms. The predicted octanol–water partition coefficient (Wildman–Crippen LogP) is 3.84. The quantitative estimate of drug-likeness (QED) is 0.458. The SMILES string of the molecule is C[C@H](NC(=O)Cc1cc(F)cc(F)c1)C(=O)N[C@H]1CC(c2ccccc2)=C[C@@H](c2ccccc2)NC1=O. The van der Waals surface area contributed by atoms with Crippen molar-refractivity contribution in [2.45, 2.75) is 37.9 Å². The molecule has 8 heteroatoms. The minimum Gasteiger partial charge on any atom is -0.344 e. The van der Waals surface area contributed by atoms with Crippen LogP contribution in [0.2, 0.25) is 0 Å². The molecule has 1 aliphatic heterocycles. The highest BCUT2D eigenvalue weighted by atomic mass is 19.1. The van der Waals surface area contributed by atoms with Crippen molar-refractivity contribution in [3.8, 4) is 0 Å². The van der Waals surface area contributed by atoms with Crippen LogP contribution in [0.4, 0.5) is 8.78 Å². The van der Waals surface area contributed by atoms with Gasteiger partial charge in [0.1, 0.15) is 23.7 Å². The molecule has 3 atom stereocenters. The summed E-state index contributed by atoms with van der Waals surface area (Å²) in [5.41, 5.74) is 2.88. The number of halogens is 2. The summed E-state index contributed by atoms with van der Waals surface area (Å²) in [5.74, 6) is -3.05. The Hall–Kier alpha value is -4.33. The number of carbonyl (C=O) groups excluding carboxylic acids is 3. The molecule has 0 saturated heterocycles. The molecule has 1 heterocycles. The smallest absolute Gasteiger partial charge is 0.243 e. The van der Waals surface area contributed by atoms with Crippen LogP contribution >= 0.6 is 0 Å². The number of carbonyl (C=O) groups is 3. The van der Waals surface area contributed by atoms with Crippen LogP contribution in [-0.4, -0.2) is 29.8 Å². The van der Waals surface area contributed by atoms with Crippen LogP contribution in [0.3, 0.4) is 0 Å². The average molecular weight is 504 g/mol. The number of hydrogen-bond acceptors (Lipinski definition) is 3. The molecule has 0 spiro atoms. The molecule has 0 aromatic heterocycles. The van der Waals surface area contributed by atoms with E-state index >= 15 is 0 Å². The second-order valence-corrected chi connectivity index (χ2v) is 8.96. The molecular weight excluding hydrogens is 476 g/mol. The fraction of sp³-hybridized carbons (Fsp3) is 0.207. The van der Waals surface area contributed by atoms with E-state index in [-0.39, 0.29) is 30.4 Å². The zero-order valence-corrected chi connectivity index (χ0v) is 20.2. The largest absolute Gasteiger partial charge is 0.344 e. The maximum absolute atomic E-state index is 13.4. The van der Waals surface area contributed by atoms with Crippen molar-refractivity contribution in [2.75, 3.05) is 0 Å². The molecule has 3 aromatic carbocycles. The second kappa shape index (κ2) is 11.6. The third-order valence-corrected chi connectivity index (χ3v) is 6.08. The Labute approximate surface area is 213 Å². The normalized spacial score (nSPS) is 18.1. The summed E-state index contributed by atoms with van der Waals surface area (Å²) >= 11 is 0. The first-order chi connectivity index (χ1) is 17.8. The first-order valence-electron chi connectivity index (χ1n) is 11.9. The lowest BCUT2D eigenvalue weighted by molar-refractivity contribution is -0.131. The van der Waals surface area contributed by atoms with Gasteiger partial charge in [0, 0.05) is 12.5 Å². The van der Waals surface area contributed by atoms with Crippen LogP contribution in [0.5, 0.6) is 0 Å². The van der Waals surface area contributed by atoms with Crippen molar-refractivity contribution >= 4 is 23.3 Å². The standard InChI is InChI=1S/C29H27F2N3O3/c1-18(32-27(35)14-19-12-23(30)17-24(31)13-19)28(36)34-26-16-22(20-8-4-2-5-9-20)15-25(33-29(26)37)21-10-6-3-7-11-21/h2-13,15,17-18,25-26H,14,16H2,1H3,(H,32,35)(H,33,37)(H,34,36)/t18-,25-,26-/m0/s1. The van der Waals surface area contributed by atoms with Crippen molar-refractivity contribution < 1.29 is 23.2 Å². The van der Waals surface area contributed by atoms with E-state index in [1.54, 1.807) is 0 Å². The molecule has 190 valence electrons. The van der Waals surface area contributed by atoms with Crippen LogP contribution in [0.1, 0.15) is 36.1 Å². The van der Waals surface area contributed by atoms with Crippen LogP contribution in [0.25, 0.3) is 5.57 Å². The topological polar surface area (TPSA) is 87.3 Å². The molecule has 6 nitrogen and oxygen atoms in total. The maximum Gasteiger partial charge on any atom is 0.243 e. The van der Waals surface area contributed by atoms with E-state index in [4.69, 9.17) is 0 Å². The van der Waals surface area contributed by atoms with E-state index in [1.165, 1.54) is 6.92 Å². The summed E-state index contributed by atoms with van der Waals surface area (Å²) in [6, 6.07) is 19.7. The minimum absolute atomic E-state index is 0.148. The van der Waals surface area contributed by atoms with Crippen molar-refractivity contribution in [2.24, 2.45) is 0 Å². The molecule has 0 radical (unpaired) electrons. The van der Waals surface area contributed by atoms with Gasteiger partial charge in [-0.05, 0) is 41.3 Å². The Morgan fingerprint density at radius 3 is 2.24 bits per heavy atom. The highest BCUT2D eigenvalue weighted by Gasteiger charge is 2.30. The number of benzene rings is 3. The van der Waals surface area contributed by atoms with Gasteiger partial charge < -0.3 is 16.0 Å². The van der Waals surface area contributed by atoms with Gasteiger partial charge in [-0.2, -0.15) is 0 Å². The van der Waals surface area contributed by atoms with Gasteiger partial charge in [-0.15, -0.1) is 0 Å². The van der Waals surface area contributed by atoms with E-state index in [1.807, 2.05) is 66.7 Å². The number of hydrogen-bond donors (Lipinski definition) is 3. The van der Waals surface area contributed by atoms with Crippen LogP contribution in [0.15, 0.2) is 84.9 Å². The molecule has 4 rings (SSSR count). The summed E-state index contributed by atoms with van der Waals surface area (Å²) in [6.45, 7) is 1.48. The van der Waals surface area contributed by atoms with E-state index < -0.39 is 35.5 Å². The lowest BCUT2D eigenvalue weighted by Crippen LogP contribution is -2.52. The van der Waals surface area contributed by atoms with Crippen molar-refractivity contribution in [3.63, 3.8) is 0 Å². The first-order valence-corrected chi connectivity index (χ1v) is 11.9. The summed E-state index contributed by atoms with van der Waals surface area (Å²) in [5, 5.41) is 8.25. The Morgan fingerprint density at radius 2 is 1.59 bits per heavy atom. The molecule has 0 aliphatic carbocycles. The van der Waals surface area contributed by atoms with Crippen LogP contribution < -0.4 is 16.0 Å². The lowest BCUT2D eigenvalue weighted by atomic mass is 9.96. The van der Waals surface area contributed by atoms with Gasteiger partial charge in [-0.1, -0.05) is 66.7 Å². The number of nitrogens with one attached hydrogen (secondary N) is 3. The Bertz CT molecular complexity index is 1290. The lowest BCUT2D eigenvalue weighted by Gasteiger charge is -2.21. The van der Waals surface area contributed by atoms with E-state index in [0.717, 1.165) is 34.9 Å².